The lowest BCUT2D eigenvalue weighted by atomic mass is 9.95. The quantitative estimate of drug-likeness (QED) is 0.854. The van der Waals surface area contributed by atoms with E-state index in [1.54, 1.807) is 0 Å². The summed E-state index contributed by atoms with van der Waals surface area (Å²) in [6.45, 7) is 11.7. The van der Waals surface area contributed by atoms with Crippen LogP contribution in [0.15, 0.2) is 24.3 Å². The molecule has 20 heavy (non-hydrogen) atoms. The predicted octanol–water partition coefficient (Wildman–Crippen LogP) is 3.49. The van der Waals surface area contributed by atoms with Gasteiger partial charge in [0, 0.05) is 19.6 Å². The standard InChI is InChI=1S/C18H30N2/c1-14(2)18-9-10-20(13-18)12-16-5-7-17(8-6-16)15(3)11-19-4/h5-8,14-15,18-19H,9-13H2,1-4H3. The minimum absolute atomic E-state index is 0.589. The van der Waals surface area contributed by atoms with Crippen LogP contribution in [0.25, 0.3) is 0 Å². The third-order valence-electron chi connectivity index (χ3n) is 4.72. The maximum atomic E-state index is 3.25. The van der Waals surface area contributed by atoms with Crippen molar-refractivity contribution in [3.8, 4) is 0 Å². The van der Waals surface area contributed by atoms with E-state index < -0.39 is 0 Å². The van der Waals surface area contributed by atoms with E-state index in [0.717, 1.165) is 24.9 Å². The van der Waals surface area contributed by atoms with Gasteiger partial charge in [-0.05, 0) is 48.9 Å². The van der Waals surface area contributed by atoms with Gasteiger partial charge < -0.3 is 5.32 Å². The number of hydrogen-bond acceptors (Lipinski definition) is 2. The van der Waals surface area contributed by atoms with E-state index in [4.69, 9.17) is 0 Å². The number of nitrogens with zero attached hydrogens (tertiary/aromatic N) is 1. The molecule has 2 nitrogen and oxygen atoms in total. The fourth-order valence-corrected chi connectivity index (χ4v) is 3.18. The SMILES string of the molecule is CNCC(C)c1ccc(CN2CCC(C(C)C)C2)cc1. The maximum absolute atomic E-state index is 3.25. The van der Waals surface area contributed by atoms with Crippen molar-refractivity contribution in [3.05, 3.63) is 35.4 Å². The second-order valence-corrected chi connectivity index (χ2v) is 6.73. The van der Waals surface area contributed by atoms with Gasteiger partial charge >= 0.3 is 0 Å². The first-order valence-electron chi connectivity index (χ1n) is 8.06. The van der Waals surface area contributed by atoms with Crippen molar-refractivity contribution in [1.82, 2.24) is 10.2 Å². The summed E-state index contributed by atoms with van der Waals surface area (Å²) in [5, 5.41) is 3.25. The molecule has 0 spiro atoms. The van der Waals surface area contributed by atoms with Crippen molar-refractivity contribution in [3.63, 3.8) is 0 Å². The van der Waals surface area contributed by atoms with Crippen LogP contribution < -0.4 is 5.32 Å². The molecular weight excluding hydrogens is 244 g/mol. The summed E-state index contributed by atoms with van der Waals surface area (Å²) >= 11 is 0. The van der Waals surface area contributed by atoms with Crippen molar-refractivity contribution >= 4 is 0 Å². The number of hydrogen-bond donors (Lipinski definition) is 1. The van der Waals surface area contributed by atoms with Crippen molar-refractivity contribution < 1.29 is 0 Å². The van der Waals surface area contributed by atoms with Gasteiger partial charge in [-0.3, -0.25) is 4.90 Å². The maximum Gasteiger partial charge on any atom is 0.0233 e. The Morgan fingerprint density at radius 1 is 1.20 bits per heavy atom. The molecule has 1 fully saturated rings. The van der Waals surface area contributed by atoms with E-state index in [-0.39, 0.29) is 0 Å². The second kappa shape index (κ2) is 7.24. The molecule has 0 aromatic heterocycles. The van der Waals surface area contributed by atoms with Crippen LogP contribution in [0.4, 0.5) is 0 Å². The van der Waals surface area contributed by atoms with E-state index in [2.05, 4.69) is 55.3 Å². The number of likely N-dealkylation sites (tertiary alicyclic amines) is 1. The van der Waals surface area contributed by atoms with Crippen molar-refractivity contribution in [1.29, 1.82) is 0 Å². The van der Waals surface area contributed by atoms with E-state index >= 15 is 0 Å². The number of rotatable bonds is 6. The molecule has 2 atom stereocenters. The van der Waals surface area contributed by atoms with Crippen LogP contribution in [-0.2, 0) is 6.54 Å². The first-order valence-corrected chi connectivity index (χ1v) is 8.06. The highest BCUT2D eigenvalue weighted by Crippen LogP contribution is 2.25. The van der Waals surface area contributed by atoms with E-state index in [9.17, 15) is 0 Å². The fraction of sp³-hybridized carbons (Fsp3) is 0.667. The Labute approximate surface area is 124 Å². The zero-order valence-electron chi connectivity index (χ0n) is 13.5. The van der Waals surface area contributed by atoms with Gasteiger partial charge in [0.25, 0.3) is 0 Å². The normalized spacial score (nSPS) is 21.6. The fourth-order valence-electron chi connectivity index (χ4n) is 3.18. The number of likely N-dealkylation sites (N-methyl/N-ethyl adjacent to an activating group) is 1. The molecule has 0 radical (unpaired) electrons. The number of nitrogens with one attached hydrogen (secondary N) is 1. The van der Waals surface area contributed by atoms with Crippen LogP contribution in [0.3, 0.4) is 0 Å². The van der Waals surface area contributed by atoms with Gasteiger partial charge in [-0.15, -0.1) is 0 Å². The molecule has 0 bridgehead atoms. The summed E-state index contributed by atoms with van der Waals surface area (Å²) in [6.07, 6.45) is 1.37. The van der Waals surface area contributed by atoms with Gasteiger partial charge in [0.05, 0.1) is 0 Å². The molecular formula is C18H30N2. The van der Waals surface area contributed by atoms with Gasteiger partial charge in [-0.2, -0.15) is 0 Å². The molecule has 0 aliphatic carbocycles. The highest BCUT2D eigenvalue weighted by molar-refractivity contribution is 5.25. The van der Waals surface area contributed by atoms with Crippen LogP contribution in [0.5, 0.6) is 0 Å². The molecule has 1 heterocycles. The Bertz CT molecular complexity index is 396. The molecule has 1 aromatic rings. The number of benzene rings is 1. The first kappa shape index (κ1) is 15.5. The summed E-state index contributed by atoms with van der Waals surface area (Å²) in [5.41, 5.74) is 2.89. The average molecular weight is 274 g/mol. The Morgan fingerprint density at radius 2 is 1.90 bits per heavy atom. The predicted molar refractivity (Wildman–Crippen MR) is 87.0 cm³/mol. The molecule has 1 N–H and O–H groups in total. The van der Waals surface area contributed by atoms with Crippen LogP contribution in [0, 0.1) is 11.8 Å². The van der Waals surface area contributed by atoms with Gasteiger partial charge in [0.15, 0.2) is 0 Å². The molecule has 0 amide bonds. The van der Waals surface area contributed by atoms with Crippen LogP contribution >= 0.6 is 0 Å². The summed E-state index contributed by atoms with van der Waals surface area (Å²) in [6, 6.07) is 9.22. The Hall–Kier alpha value is -0.860. The lowest BCUT2D eigenvalue weighted by molar-refractivity contribution is 0.297. The molecule has 1 aliphatic rings. The lowest BCUT2D eigenvalue weighted by Gasteiger charge is -2.18. The van der Waals surface area contributed by atoms with Gasteiger partial charge in [0.1, 0.15) is 0 Å². The average Bonchev–Trinajstić information content (AvgIpc) is 2.88. The lowest BCUT2D eigenvalue weighted by Crippen LogP contribution is -2.21. The van der Waals surface area contributed by atoms with E-state index in [1.165, 1.54) is 30.6 Å². The monoisotopic (exact) mass is 274 g/mol. The zero-order valence-corrected chi connectivity index (χ0v) is 13.5. The van der Waals surface area contributed by atoms with Crippen LogP contribution in [0.1, 0.15) is 44.2 Å². The molecule has 1 aliphatic heterocycles. The Kier molecular flexibility index (Phi) is 5.62. The third kappa shape index (κ3) is 4.07. The van der Waals surface area contributed by atoms with Crippen LogP contribution in [-0.4, -0.2) is 31.6 Å². The van der Waals surface area contributed by atoms with Crippen molar-refractivity contribution in [2.24, 2.45) is 11.8 Å². The summed E-state index contributed by atoms with van der Waals surface area (Å²) in [5.74, 6) is 2.31. The van der Waals surface area contributed by atoms with Gasteiger partial charge in [0.2, 0.25) is 0 Å². The largest absolute Gasteiger partial charge is 0.319 e. The Balaban J connectivity index is 1.88. The second-order valence-electron chi connectivity index (χ2n) is 6.73. The Morgan fingerprint density at radius 3 is 2.45 bits per heavy atom. The molecule has 2 rings (SSSR count). The molecule has 1 aromatic carbocycles. The minimum atomic E-state index is 0.589. The zero-order chi connectivity index (χ0) is 14.5. The molecule has 0 saturated carbocycles. The highest BCUT2D eigenvalue weighted by atomic mass is 15.1. The molecule has 2 heteroatoms. The summed E-state index contributed by atoms with van der Waals surface area (Å²) in [7, 11) is 2.02. The van der Waals surface area contributed by atoms with E-state index in [1.807, 2.05) is 7.05 Å². The molecule has 1 saturated heterocycles. The van der Waals surface area contributed by atoms with Gasteiger partial charge in [-0.25, -0.2) is 0 Å². The highest BCUT2D eigenvalue weighted by Gasteiger charge is 2.24. The van der Waals surface area contributed by atoms with Crippen LogP contribution in [0.2, 0.25) is 0 Å². The third-order valence-corrected chi connectivity index (χ3v) is 4.72. The summed E-state index contributed by atoms with van der Waals surface area (Å²) < 4.78 is 0. The first-order chi connectivity index (χ1) is 9.60. The van der Waals surface area contributed by atoms with E-state index in [0.29, 0.717) is 5.92 Å². The van der Waals surface area contributed by atoms with Crippen molar-refractivity contribution in [2.45, 2.75) is 39.7 Å². The topological polar surface area (TPSA) is 15.3 Å². The van der Waals surface area contributed by atoms with Crippen molar-refractivity contribution in [2.75, 3.05) is 26.7 Å². The molecule has 2 unspecified atom stereocenters. The summed E-state index contributed by atoms with van der Waals surface area (Å²) in [4.78, 5) is 2.61. The minimum Gasteiger partial charge on any atom is -0.319 e. The smallest absolute Gasteiger partial charge is 0.0233 e. The molecule has 112 valence electrons. The van der Waals surface area contributed by atoms with Gasteiger partial charge in [-0.1, -0.05) is 45.0 Å².